The van der Waals surface area contributed by atoms with Gasteiger partial charge in [0.1, 0.15) is 0 Å². The Morgan fingerprint density at radius 2 is 1.67 bits per heavy atom. The number of hydrogen-bond acceptors (Lipinski definition) is 6. The van der Waals surface area contributed by atoms with Crippen molar-refractivity contribution in [3.8, 4) is 0 Å². The number of carbonyl (C=O) groups is 3. The highest BCUT2D eigenvalue weighted by Gasteiger charge is 2.36. The third-order valence-corrected chi connectivity index (χ3v) is 11.0. The van der Waals surface area contributed by atoms with Crippen molar-refractivity contribution < 1.29 is 14.4 Å². The number of anilines is 2. The molecule has 11 heteroatoms. The van der Waals surface area contributed by atoms with Crippen molar-refractivity contribution in [3.63, 3.8) is 0 Å². The maximum Gasteiger partial charge on any atom is 0.322 e. The number of halogens is 1. The predicted octanol–water partition coefficient (Wildman–Crippen LogP) is 4.97. The fraction of sp³-hybridized carbons (Fsp3) is 0.594. The van der Waals surface area contributed by atoms with Crippen LogP contribution in [0.2, 0.25) is 5.02 Å². The summed E-state index contributed by atoms with van der Waals surface area (Å²) in [5.41, 5.74) is 10.5. The Labute approximate surface area is 263 Å². The van der Waals surface area contributed by atoms with Gasteiger partial charge in [-0.15, -0.1) is 11.3 Å². The molecule has 3 N–H and O–H groups in total. The number of nitrogen functional groups attached to an aromatic ring is 1. The van der Waals surface area contributed by atoms with Crippen molar-refractivity contribution in [2.45, 2.75) is 76.9 Å². The minimum absolute atomic E-state index is 0.00485. The van der Waals surface area contributed by atoms with E-state index in [1.165, 1.54) is 25.9 Å². The number of carbonyl (C=O) groups excluding carboxylic acids is 3. The lowest BCUT2D eigenvalue weighted by molar-refractivity contribution is -0.143. The van der Waals surface area contributed by atoms with E-state index in [-0.39, 0.29) is 30.3 Å². The molecule has 6 rings (SSSR count). The van der Waals surface area contributed by atoms with Crippen LogP contribution in [0, 0.1) is 12.8 Å². The Hall–Kier alpha value is -2.82. The van der Waals surface area contributed by atoms with Crippen LogP contribution in [0.15, 0.2) is 22.9 Å². The number of rotatable bonds is 7. The molecule has 4 aliphatic heterocycles. The highest BCUT2D eigenvalue weighted by molar-refractivity contribution is 7.08. The molecule has 4 aliphatic rings. The van der Waals surface area contributed by atoms with Crippen LogP contribution >= 0.6 is 22.9 Å². The van der Waals surface area contributed by atoms with Crippen LogP contribution in [-0.4, -0.2) is 88.8 Å². The van der Waals surface area contributed by atoms with E-state index in [2.05, 4.69) is 15.6 Å². The van der Waals surface area contributed by atoms with Crippen molar-refractivity contribution in [2.75, 3.05) is 50.3 Å². The summed E-state index contributed by atoms with van der Waals surface area (Å²) in [5.74, 6) is -0.395. The van der Waals surface area contributed by atoms with Crippen LogP contribution in [0.1, 0.15) is 61.6 Å². The lowest BCUT2D eigenvalue weighted by Crippen LogP contribution is -2.51. The smallest absolute Gasteiger partial charge is 0.322 e. The number of nitrogens with one attached hydrogen (secondary N) is 1. The second-order valence-corrected chi connectivity index (χ2v) is 13.8. The van der Waals surface area contributed by atoms with E-state index in [0.717, 1.165) is 61.2 Å². The van der Waals surface area contributed by atoms with E-state index in [1.807, 2.05) is 39.1 Å². The van der Waals surface area contributed by atoms with Crippen LogP contribution in [0.25, 0.3) is 0 Å². The Bertz CT molecular complexity index is 1320. The zero-order valence-corrected chi connectivity index (χ0v) is 26.6. The van der Waals surface area contributed by atoms with Crippen LogP contribution in [0.4, 0.5) is 16.2 Å². The summed E-state index contributed by atoms with van der Waals surface area (Å²) < 4.78 is 0. The van der Waals surface area contributed by atoms with E-state index in [4.69, 9.17) is 17.3 Å². The first-order valence-electron chi connectivity index (χ1n) is 15.7. The maximum absolute atomic E-state index is 14.0. The number of hydrogen-bond donors (Lipinski definition) is 2. The van der Waals surface area contributed by atoms with Gasteiger partial charge in [0, 0.05) is 55.6 Å². The van der Waals surface area contributed by atoms with Gasteiger partial charge in [-0.25, -0.2) is 4.79 Å². The average Bonchev–Trinajstić information content (AvgIpc) is 3.71. The molecule has 5 heterocycles. The van der Waals surface area contributed by atoms with Gasteiger partial charge in [-0.1, -0.05) is 17.7 Å². The van der Waals surface area contributed by atoms with Crippen LogP contribution < -0.4 is 11.1 Å². The van der Waals surface area contributed by atoms with Gasteiger partial charge in [-0.3, -0.25) is 9.59 Å². The molecule has 2 aromatic rings. The first kappa shape index (κ1) is 30.2. The SMILES string of the molecule is Cc1cc(C[C@@H](CC(=O)N2CCC(N3Cc4cscc4NC3=O)CC2)C(=O)N2CCC(N3CCCC3)CC2)cc(Cl)c1N. The van der Waals surface area contributed by atoms with Crippen LogP contribution in [0.5, 0.6) is 0 Å². The van der Waals surface area contributed by atoms with Crippen molar-refractivity contribution in [2.24, 2.45) is 5.92 Å². The molecule has 4 amide bonds. The number of urea groups is 1. The molecular formula is C32H43ClN6O3S. The molecule has 0 aliphatic carbocycles. The molecule has 9 nitrogen and oxygen atoms in total. The zero-order chi connectivity index (χ0) is 30.1. The highest BCUT2D eigenvalue weighted by Crippen LogP contribution is 2.32. The van der Waals surface area contributed by atoms with E-state index in [1.54, 1.807) is 11.3 Å². The number of nitrogens with zero attached hydrogens (tertiary/aromatic N) is 4. The molecule has 1 atom stereocenters. The third kappa shape index (κ3) is 6.66. The Morgan fingerprint density at radius 1 is 1.00 bits per heavy atom. The topological polar surface area (TPSA) is 102 Å². The normalized spacial score (nSPS) is 21.2. The first-order valence-corrected chi connectivity index (χ1v) is 17.1. The summed E-state index contributed by atoms with van der Waals surface area (Å²) in [6.07, 6.45) is 6.59. The monoisotopic (exact) mass is 626 g/mol. The average molecular weight is 627 g/mol. The summed E-state index contributed by atoms with van der Waals surface area (Å²) in [7, 11) is 0. The Balaban J connectivity index is 1.10. The number of nitrogens with two attached hydrogens (primary N) is 1. The molecule has 3 saturated heterocycles. The fourth-order valence-electron chi connectivity index (χ4n) is 7.35. The molecule has 0 spiro atoms. The number of amides is 4. The van der Waals surface area contributed by atoms with Gasteiger partial charge in [0.25, 0.3) is 0 Å². The highest BCUT2D eigenvalue weighted by atomic mass is 35.5. The largest absolute Gasteiger partial charge is 0.397 e. The molecule has 232 valence electrons. The Morgan fingerprint density at radius 3 is 2.37 bits per heavy atom. The number of likely N-dealkylation sites (tertiary alicyclic amines) is 3. The molecule has 0 bridgehead atoms. The molecule has 0 unspecified atom stereocenters. The molecule has 0 saturated carbocycles. The molecule has 1 aromatic heterocycles. The predicted molar refractivity (Wildman–Crippen MR) is 171 cm³/mol. The van der Waals surface area contributed by atoms with Gasteiger partial charge in [-0.05, 0) is 87.5 Å². The molecule has 43 heavy (non-hydrogen) atoms. The second kappa shape index (κ2) is 13.0. The van der Waals surface area contributed by atoms with Gasteiger partial charge >= 0.3 is 6.03 Å². The number of aryl methyl sites for hydroxylation is 1. The van der Waals surface area contributed by atoms with Gasteiger partial charge in [0.05, 0.1) is 28.9 Å². The number of fused-ring (bicyclic) bond motifs is 1. The summed E-state index contributed by atoms with van der Waals surface area (Å²) >= 11 is 8.01. The summed E-state index contributed by atoms with van der Waals surface area (Å²) in [5, 5.41) is 7.54. The minimum Gasteiger partial charge on any atom is -0.397 e. The standard InChI is InChI=1S/C32H43ClN6O3S/c1-21-14-22(16-27(33)30(21)34)15-23(31(41)38-12-4-25(5-13-38)36-8-2-3-9-36)17-29(40)37-10-6-26(7-11-37)39-18-24-19-43-20-28(24)35-32(39)42/h14,16,19-20,23,25-26H,2-13,15,17-18,34H2,1H3,(H,35,42)/t23-/m0/s1. The number of piperidine rings is 2. The second-order valence-electron chi connectivity index (χ2n) is 12.7. The van der Waals surface area contributed by atoms with Gasteiger partial charge in [0.2, 0.25) is 11.8 Å². The molecular weight excluding hydrogens is 584 g/mol. The Kier molecular flexibility index (Phi) is 9.16. The molecule has 0 radical (unpaired) electrons. The van der Waals surface area contributed by atoms with E-state index in [0.29, 0.717) is 42.8 Å². The number of benzene rings is 1. The fourth-order valence-corrected chi connectivity index (χ4v) is 8.42. The zero-order valence-electron chi connectivity index (χ0n) is 25.0. The van der Waals surface area contributed by atoms with Gasteiger partial charge in [0.15, 0.2) is 0 Å². The summed E-state index contributed by atoms with van der Waals surface area (Å²) in [6.45, 7) is 7.50. The third-order valence-electron chi connectivity index (χ3n) is 9.92. The van der Waals surface area contributed by atoms with Crippen molar-refractivity contribution in [3.05, 3.63) is 44.6 Å². The van der Waals surface area contributed by atoms with Gasteiger partial charge < -0.3 is 30.7 Å². The van der Waals surface area contributed by atoms with E-state index >= 15 is 0 Å². The maximum atomic E-state index is 14.0. The molecule has 3 fully saturated rings. The lowest BCUT2D eigenvalue weighted by Gasteiger charge is -2.40. The molecule has 1 aromatic carbocycles. The number of thiophene rings is 1. The van der Waals surface area contributed by atoms with E-state index in [9.17, 15) is 14.4 Å². The first-order chi connectivity index (χ1) is 20.8. The van der Waals surface area contributed by atoms with E-state index < -0.39 is 5.92 Å². The van der Waals surface area contributed by atoms with Gasteiger partial charge in [-0.2, -0.15) is 0 Å². The lowest BCUT2D eigenvalue weighted by atomic mass is 9.91. The van der Waals surface area contributed by atoms with Crippen LogP contribution in [-0.2, 0) is 22.6 Å². The quantitative estimate of drug-likeness (QED) is 0.423. The van der Waals surface area contributed by atoms with Crippen LogP contribution in [0.3, 0.4) is 0 Å². The summed E-state index contributed by atoms with van der Waals surface area (Å²) in [4.78, 5) is 48.8. The van der Waals surface area contributed by atoms with Crippen molar-refractivity contribution >= 4 is 52.2 Å². The summed E-state index contributed by atoms with van der Waals surface area (Å²) in [6, 6.07) is 4.40. The minimum atomic E-state index is -0.461. The van der Waals surface area contributed by atoms with Crippen molar-refractivity contribution in [1.29, 1.82) is 0 Å². The van der Waals surface area contributed by atoms with Crippen molar-refractivity contribution in [1.82, 2.24) is 19.6 Å².